The van der Waals surface area contributed by atoms with Crippen LogP contribution in [0.5, 0.6) is 11.5 Å². The number of rotatable bonds is 5. The summed E-state index contributed by atoms with van der Waals surface area (Å²) in [5, 5.41) is 6.66. The first-order valence-corrected chi connectivity index (χ1v) is 7.97. The molecular formula is C18H22N4O2. The third-order valence-corrected chi connectivity index (χ3v) is 4.02. The van der Waals surface area contributed by atoms with Crippen molar-refractivity contribution in [2.24, 2.45) is 5.10 Å². The lowest BCUT2D eigenvalue weighted by Crippen LogP contribution is -2.44. The van der Waals surface area contributed by atoms with Crippen molar-refractivity contribution in [2.45, 2.75) is 0 Å². The second-order valence-corrected chi connectivity index (χ2v) is 5.46. The predicted octanol–water partition coefficient (Wildman–Crippen LogP) is 2.25. The minimum atomic E-state index is 0.705. The Morgan fingerprint density at radius 1 is 1.00 bits per heavy atom. The van der Waals surface area contributed by atoms with E-state index >= 15 is 0 Å². The van der Waals surface area contributed by atoms with Crippen LogP contribution in [0.15, 0.2) is 47.7 Å². The molecule has 126 valence electrons. The Kier molecular flexibility index (Phi) is 5.15. The lowest BCUT2D eigenvalue weighted by molar-refractivity contribution is 0.271. The monoisotopic (exact) mass is 326 g/mol. The van der Waals surface area contributed by atoms with Crippen molar-refractivity contribution in [3.63, 3.8) is 0 Å². The normalized spacial score (nSPS) is 14.9. The highest BCUT2D eigenvalue weighted by Gasteiger charge is 2.16. The maximum Gasteiger partial charge on any atom is 0.169 e. The van der Waals surface area contributed by atoms with Crippen LogP contribution < -0.4 is 14.4 Å². The molecule has 0 atom stereocenters. The number of hydrogen-bond donors (Lipinski definition) is 0. The molecule has 0 spiro atoms. The molecule has 1 aliphatic rings. The number of nitrogens with zero attached hydrogens (tertiary/aromatic N) is 4. The lowest BCUT2D eigenvalue weighted by Gasteiger charge is -2.33. The van der Waals surface area contributed by atoms with Crippen molar-refractivity contribution in [1.29, 1.82) is 0 Å². The third-order valence-electron chi connectivity index (χ3n) is 4.02. The quantitative estimate of drug-likeness (QED) is 0.789. The van der Waals surface area contributed by atoms with Crippen LogP contribution in [0.2, 0.25) is 0 Å². The molecule has 1 aliphatic heterocycles. The molecule has 2 heterocycles. The smallest absolute Gasteiger partial charge is 0.169 e. The minimum absolute atomic E-state index is 0.705. The Labute approximate surface area is 142 Å². The van der Waals surface area contributed by atoms with Gasteiger partial charge in [0.1, 0.15) is 5.82 Å². The fourth-order valence-electron chi connectivity index (χ4n) is 2.74. The highest BCUT2D eigenvalue weighted by atomic mass is 16.5. The molecule has 6 nitrogen and oxygen atoms in total. The van der Waals surface area contributed by atoms with E-state index in [-0.39, 0.29) is 0 Å². The van der Waals surface area contributed by atoms with Gasteiger partial charge in [0.2, 0.25) is 0 Å². The van der Waals surface area contributed by atoms with E-state index in [9.17, 15) is 0 Å². The average Bonchev–Trinajstić information content (AvgIpc) is 2.67. The molecule has 1 aromatic carbocycles. The Bertz CT molecular complexity index is 683. The zero-order valence-corrected chi connectivity index (χ0v) is 14.1. The molecule has 0 bridgehead atoms. The number of methoxy groups -OCH3 is 2. The molecule has 2 aromatic rings. The summed E-state index contributed by atoms with van der Waals surface area (Å²) in [5.74, 6) is 2.44. The van der Waals surface area contributed by atoms with Gasteiger partial charge < -0.3 is 14.4 Å². The molecule has 0 saturated carbocycles. The van der Waals surface area contributed by atoms with Gasteiger partial charge >= 0.3 is 0 Å². The van der Waals surface area contributed by atoms with E-state index in [0.29, 0.717) is 11.5 Å². The van der Waals surface area contributed by atoms with Crippen LogP contribution in [0.4, 0.5) is 5.82 Å². The van der Waals surface area contributed by atoms with Gasteiger partial charge in [-0.1, -0.05) is 12.1 Å². The van der Waals surface area contributed by atoms with Crippen LogP contribution in [0.25, 0.3) is 0 Å². The highest BCUT2D eigenvalue weighted by molar-refractivity contribution is 5.84. The molecule has 6 heteroatoms. The van der Waals surface area contributed by atoms with Crippen molar-refractivity contribution >= 4 is 12.0 Å². The van der Waals surface area contributed by atoms with Gasteiger partial charge in [0.25, 0.3) is 0 Å². The van der Waals surface area contributed by atoms with E-state index in [2.05, 4.69) is 20.0 Å². The number of pyridine rings is 1. The molecule has 0 radical (unpaired) electrons. The average molecular weight is 326 g/mol. The maximum absolute atomic E-state index is 5.43. The van der Waals surface area contributed by atoms with Gasteiger partial charge in [0, 0.05) is 24.8 Å². The summed E-state index contributed by atoms with van der Waals surface area (Å²) in [7, 11) is 3.27. The SMILES string of the molecule is COc1cccc(/C=N\N2CCN(c3ccccn3)CC2)c1OC. The van der Waals surface area contributed by atoms with E-state index in [4.69, 9.17) is 9.47 Å². The Morgan fingerprint density at radius 3 is 2.50 bits per heavy atom. The van der Waals surface area contributed by atoms with Crippen molar-refractivity contribution in [2.75, 3.05) is 45.3 Å². The number of para-hydroxylation sites is 1. The summed E-state index contributed by atoms with van der Waals surface area (Å²) < 4.78 is 10.7. The van der Waals surface area contributed by atoms with Crippen molar-refractivity contribution < 1.29 is 9.47 Å². The van der Waals surface area contributed by atoms with Crippen LogP contribution >= 0.6 is 0 Å². The Balaban J connectivity index is 1.63. The van der Waals surface area contributed by atoms with Gasteiger partial charge in [0.05, 0.1) is 33.5 Å². The molecule has 0 aliphatic carbocycles. The number of anilines is 1. The minimum Gasteiger partial charge on any atom is -0.493 e. The highest BCUT2D eigenvalue weighted by Crippen LogP contribution is 2.29. The van der Waals surface area contributed by atoms with Crippen molar-refractivity contribution in [3.8, 4) is 11.5 Å². The number of ether oxygens (including phenoxy) is 2. The molecule has 1 fully saturated rings. The second kappa shape index (κ2) is 7.68. The number of benzene rings is 1. The van der Waals surface area contributed by atoms with Crippen molar-refractivity contribution in [1.82, 2.24) is 9.99 Å². The first-order valence-electron chi connectivity index (χ1n) is 7.97. The molecule has 1 aromatic heterocycles. The fourth-order valence-corrected chi connectivity index (χ4v) is 2.74. The van der Waals surface area contributed by atoms with Gasteiger partial charge in [-0.2, -0.15) is 5.10 Å². The molecule has 0 N–H and O–H groups in total. The van der Waals surface area contributed by atoms with Gasteiger partial charge in [-0.15, -0.1) is 0 Å². The van der Waals surface area contributed by atoms with E-state index in [1.54, 1.807) is 14.2 Å². The van der Waals surface area contributed by atoms with Crippen molar-refractivity contribution in [3.05, 3.63) is 48.2 Å². The van der Waals surface area contributed by atoms with Crippen LogP contribution in [0.1, 0.15) is 5.56 Å². The van der Waals surface area contributed by atoms with E-state index in [1.807, 2.05) is 48.8 Å². The molecule has 3 rings (SSSR count). The van der Waals surface area contributed by atoms with Crippen LogP contribution in [-0.2, 0) is 0 Å². The molecule has 0 unspecified atom stereocenters. The summed E-state index contributed by atoms with van der Waals surface area (Å²) in [5.41, 5.74) is 0.906. The number of aromatic nitrogens is 1. The van der Waals surface area contributed by atoms with Gasteiger partial charge in [-0.25, -0.2) is 4.98 Å². The lowest BCUT2D eigenvalue weighted by atomic mass is 10.2. The van der Waals surface area contributed by atoms with Gasteiger partial charge in [-0.3, -0.25) is 5.01 Å². The molecular weight excluding hydrogens is 304 g/mol. The predicted molar refractivity (Wildman–Crippen MR) is 95.2 cm³/mol. The first-order chi connectivity index (χ1) is 11.8. The Morgan fingerprint density at radius 2 is 1.83 bits per heavy atom. The fraction of sp³-hybridized carbons (Fsp3) is 0.333. The molecule has 0 amide bonds. The zero-order chi connectivity index (χ0) is 16.8. The van der Waals surface area contributed by atoms with E-state index in [0.717, 1.165) is 37.6 Å². The molecule has 1 saturated heterocycles. The Hall–Kier alpha value is -2.76. The van der Waals surface area contributed by atoms with Crippen LogP contribution in [-0.4, -0.2) is 56.6 Å². The first kappa shape index (κ1) is 16.1. The van der Waals surface area contributed by atoms with Crippen LogP contribution in [0, 0.1) is 0 Å². The zero-order valence-electron chi connectivity index (χ0n) is 14.1. The number of hydrogen-bond acceptors (Lipinski definition) is 6. The maximum atomic E-state index is 5.43. The van der Waals surface area contributed by atoms with E-state index in [1.165, 1.54) is 0 Å². The number of piperazine rings is 1. The molecule has 24 heavy (non-hydrogen) atoms. The standard InChI is InChI=1S/C18H22N4O2/c1-23-16-7-5-6-15(18(16)24-2)14-20-22-12-10-21(11-13-22)17-8-3-4-9-19-17/h3-9,14H,10-13H2,1-2H3/b20-14-. The van der Waals surface area contributed by atoms with E-state index < -0.39 is 0 Å². The largest absolute Gasteiger partial charge is 0.493 e. The third kappa shape index (κ3) is 3.59. The summed E-state index contributed by atoms with van der Waals surface area (Å²) in [6.07, 6.45) is 3.66. The van der Waals surface area contributed by atoms with Crippen LogP contribution in [0.3, 0.4) is 0 Å². The van der Waals surface area contributed by atoms with Gasteiger partial charge in [0.15, 0.2) is 11.5 Å². The van der Waals surface area contributed by atoms with Gasteiger partial charge in [-0.05, 0) is 24.3 Å². The summed E-state index contributed by atoms with van der Waals surface area (Å²) in [6, 6.07) is 11.8. The summed E-state index contributed by atoms with van der Waals surface area (Å²) >= 11 is 0. The second-order valence-electron chi connectivity index (χ2n) is 5.46. The summed E-state index contributed by atoms with van der Waals surface area (Å²) in [4.78, 5) is 6.68. The topological polar surface area (TPSA) is 50.2 Å². The number of hydrazone groups is 1. The summed E-state index contributed by atoms with van der Waals surface area (Å²) in [6.45, 7) is 3.53.